The molecule has 6 nitrogen and oxygen atoms in total. The lowest BCUT2D eigenvalue weighted by atomic mass is 10.0. The molecule has 0 aliphatic rings. The molecular formula is C15H14BrClFN3O3S. The molecule has 0 fully saturated rings. The molecule has 1 heterocycles. The topological polar surface area (TPSA) is 89.0 Å². The fourth-order valence-electron chi connectivity index (χ4n) is 2.05. The van der Waals surface area contributed by atoms with E-state index < -0.39 is 26.5 Å². The molecule has 0 saturated carbocycles. The Bertz CT molecular complexity index is 895. The van der Waals surface area contributed by atoms with Crippen molar-refractivity contribution in [2.75, 3.05) is 10.5 Å². The van der Waals surface area contributed by atoms with Gasteiger partial charge < -0.3 is 0 Å². The van der Waals surface area contributed by atoms with Crippen LogP contribution >= 0.6 is 27.5 Å². The molecule has 134 valence electrons. The Labute approximate surface area is 158 Å². The zero-order valence-electron chi connectivity index (χ0n) is 13.0. The van der Waals surface area contributed by atoms with Gasteiger partial charge in [0.15, 0.2) is 11.6 Å². The fourth-order valence-corrected chi connectivity index (χ4v) is 3.84. The Morgan fingerprint density at radius 1 is 1.40 bits per heavy atom. The van der Waals surface area contributed by atoms with Crippen LogP contribution in [0.15, 0.2) is 30.5 Å². The minimum atomic E-state index is -3.68. The van der Waals surface area contributed by atoms with Gasteiger partial charge in [-0.2, -0.15) is 0 Å². The van der Waals surface area contributed by atoms with Crippen molar-refractivity contribution in [1.29, 1.82) is 0 Å². The molecule has 0 saturated heterocycles. The van der Waals surface area contributed by atoms with Crippen LogP contribution < -0.4 is 4.72 Å². The number of ketones is 1. The number of carbonyl (C=O) groups excluding carboxylic acids is 1. The number of Topliss-reactive ketones (excluding diaryl/α,β-unsaturated/α-hetero) is 1. The van der Waals surface area contributed by atoms with E-state index in [4.69, 9.17) is 11.6 Å². The molecule has 1 aromatic carbocycles. The lowest BCUT2D eigenvalue weighted by Gasteiger charge is -2.13. The Morgan fingerprint density at radius 2 is 2.12 bits per heavy atom. The smallest absolute Gasteiger partial charge is 0.232 e. The lowest BCUT2D eigenvalue weighted by Crippen LogP contribution is -2.18. The number of nitrogens with one attached hydrogen (secondary N) is 1. The molecule has 0 radical (unpaired) electrons. The summed E-state index contributed by atoms with van der Waals surface area (Å²) in [7, 11) is -3.68. The number of alkyl halides is 1. The number of carbonyl (C=O) groups is 1. The Kier molecular flexibility index (Phi) is 6.47. The SMILES string of the molecule is CCCS(=O)(=O)Nc1cccc(C(=O)C(Br)c2ccnc(Cl)n2)c1F. The fraction of sp³-hybridized carbons (Fsp3) is 0.267. The van der Waals surface area contributed by atoms with E-state index >= 15 is 0 Å². The number of aromatic nitrogens is 2. The summed E-state index contributed by atoms with van der Waals surface area (Å²) < 4.78 is 40.4. The molecule has 2 rings (SSSR count). The largest absolute Gasteiger partial charge is 0.292 e. The highest BCUT2D eigenvalue weighted by Gasteiger charge is 2.25. The summed E-state index contributed by atoms with van der Waals surface area (Å²) >= 11 is 8.86. The van der Waals surface area contributed by atoms with Crippen molar-refractivity contribution in [2.45, 2.75) is 18.2 Å². The number of rotatable bonds is 7. The van der Waals surface area contributed by atoms with Gasteiger partial charge in [-0.3, -0.25) is 9.52 Å². The molecule has 0 aliphatic heterocycles. The van der Waals surface area contributed by atoms with Gasteiger partial charge in [-0.25, -0.2) is 22.8 Å². The van der Waals surface area contributed by atoms with E-state index in [1.54, 1.807) is 6.92 Å². The van der Waals surface area contributed by atoms with Crippen molar-refractivity contribution < 1.29 is 17.6 Å². The molecule has 1 N–H and O–H groups in total. The van der Waals surface area contributed by atoms with E-state index in [1.807, 2.05) is 0 Å². The summed E-state index contributed by atoms with van der Waals surface area (Å²) in [6.45, 7) is 1.69. The van der Waals surface area contributed by atoms with Crippen LogP contribution in [0, 0.1) is 5.82 Å². The van der Waals surface area contributed by atoms with Crippen molar-refractivity contribution >= 4 is 49.0 Å². The van der Waals surface area contributed by atoms with Crippen molar-refractivity contribution in [1.82, 2.24) is 9.97 Å². The third-order valence-corrected chi connectivity index (χ3v) is 5.68. The second kappa shape index (κ2) is 8.20. The zero-order chi connectivity index (χ0) is 18.6. The third-order valence-electron chi connectivity index (χ3n) is 3.14. The van der Waals surface area contributed by atoms with Gasteiger partial charge in [0.25, 0.3) is 0 Å². The van der Waals surface area contributed by atoms with Crippen LogP contribution in [-0.4, -0.2) is 29.9 Å². The van der Waals surface area contributed by atoms with E-state index in [2.05, 4.69) is 30.6 Å². The van der Waals surface area contributed by atoms with Gasteiger partial charge in [0, 0.05) is 6.20 Å². The first-order valence-corrected chi connectivity index (χ1v) is 10.2. The average molecular weight is 451 g/mol. The number of benzene rings is 1. The second-order valence-corrected chi connectivity index (χ2v) is 8.16. The third kappa shape index (κ3) is 4.96. The van der Waals surface area contributed by atoms with E-state index in [-0.39, 0.29) is 28.0 Å². The number of halogens is 3. The van der Waals surface area contributed by atoms with Crippen LogP contribution in [0.3, 0.4) is 0 Å². The normalized spacial score (nSPS) is 12.6. The van der Waals surface area contributed by atoms with E-state index in [0.29, 0.717) is 6.42 Å². The molecular weight excluding hydrogens is 437 g/mol. The molecule has 0 aliphatic carbocycles. The number of nitrogens with zero attached hydrogens (tertiary/aromatic N) is 2. The standard InChI is InChI=1S/C15H14BrClFN3O3S/c1-2-8-25(23,24)21-11-5-3-4-9(13(11)18)14(22)12(16)10-6-7-19-15(17)20-10/h3-7,12,21H,2,8H2,1H3. The molecule has 1 atom stereocenters. The van der Waals surface area contributed by atoms with E-state index in [0.717, 1.165) is 0 Å². The summed E-state index contributed by atoms with van der Waals surface area (Å²) in [6.07, 6.45) is 1.76. The Balaban J connectivity index is 2.33. The minimum absolute atomic E-state index is 0.0451. The quantitative estimate of drug-likeness (QED) is 0.394. The van der Waals surface area contributed by atoms with Crippen LogP contribution in [0.25, 0.3) is 0 Å². The molecule has 0 spiro atoms. The van der Waals surface area contributed by atoms with Crippen LogP contribution in [0.5, 0.6) is 0 Å². The first-order chi connectivity index (χ1) is 11.7. The van der Waals surface area contributed by atoms with Gasteiger partial charge in [0.05, 0.1) is 22.7 Å². The molecule has 10 heteroatoms. The molecule has 2 aromatic rings. The summed E-state index contributed by atoms with van der Waals surface area (Å²) in [5.41, 5.74) is -0.283. The van der Waals surface area contributed by atoms with Crippen LogP contribution in [-0.2, 0) is 10.0 Å². The summed E-state index contributed by atoms with van der Waals surface area (Å²) in [5.74, 6) is -1.72. The second-order valence-electron chi connectivity index (χ2n) is 5.07. The highest BCUT2D eigenvalue weighted by molar-refractivity contribution is 9.09. The van der Waals surface area contributed by atoms with Crippen LogP contribution in [0.1, 0.15) is 34.2 Å². The zero-order valence-corrected chi connectivity index (χ0v) is 16.2. The Hall–Kier alpha value is -1.58. The maximum Gasteiger partial charge on any atom is 0.232 e. The van der Waals surface area contributed by atoms with Crippen LogP contribution in [0.2, 0.25) is 5.28 Å². The summed E-state index contributed by atoms with van der Waals surface area (Å²) in [5, 5.41) is -0.0451. The highest BCUT2D eigenvalue weighted by Crippen LogP contribution is 2.29. The van der Waals surface area contributed by atoms with Gasteiger partial charge in [-0.1, -0.05) is 28.9 Å². The van der Waals surface area contributed by atoms with Crippen molar-refractivity contribution in [3.8, 4) is 0 Å². The number of hydrogen-bond donors (Lipinski definition) is 1. The average Bonchev–Trinajstić information content (AvgIpc) is 2.55. The number of hydrogen-bond acceptors (Lipinski definition) is 5. The highest BCUT2D eigenvalue weighted by atomic mass is 79.9. The first kappa shape index (κ1) is 19.7. The van der Waals surface area contributed by atoms with E-state index in [1.165, 1.54) is 30.5 Å². The van der Waals surface area contributed by atoms with Gasteiger partial charge in [-0.05, 0) is 36.2 Å². The van der Waals surface area contributed by atoms with Gasteiger partial charge in [0.2, 0.25) is 15.3 Å². The predicted octanol–water partition coefficient (Wildman–Crippen LogP) is 3.74. The molecule has 1 unspecified atom stereocenters. The maximum atomic E-state index is 14.6. The summed E-state index contributed by atoms with van der Waals surface area (Å²) in [6, 6.07) is 5.39. The molecule has 0 amide bonds. The monoisotopic (exact) mass is 449 g/mol. The molecule has 25 heavy (non-hydrogen) atoms. The van der Waals surface area contributed by atoms with Crippen molar-refractivity contribution in [3.05, 3.63) is 52.8 Å². The number of anilines is 1. The first-order valence-electron chi connectivity index (χ1n) is 7.21. The minimum Gasteiger partial charge on any atom is -0.292 e. The van der Waals surface area contributed by atoms with Crippen molar-refractivity contribution in [3.63, 3.8) is 0 Å². The van der Waals surface area contributed by atoms with Crippen LogP contribution in [0.4, 0.5) is 10.1 Å². The summed E-state index contributed by atoms with van der Waals surface area (Å²) in [4.78, 5) is 19.2. The maximum absolute atomic E-state index is 14.6. The van der Waals surface area contributed by atoms with Gasteiger partial charge >= 0.3 is 0 Å². The van der Waals surface area contributed by atoms with Gasteiger partial charge in [-0.15, -0.1) is 0 Å². The molecule has 1 aromatic heterocycles. The molecule has 0 bridgehead atoms. The predicted molar refractivity (Wildman–Crippen MR) is 97.1 cm³/mol. The van der Waals surface area contributed by atoms with E-state index in [9.17, 15) is 17.6 Å². The Morgan fingerprint density at radius 3 is 2.76 bits per heavy atom. The van der Waals surface area contributed by atoms with Crippen molar-refractivity contribution in [2.24, 2.45) is 0 Å². The number of sulfonamides is 1. The van der Waals surface area contributed by atoms with Gasteiger partial charge in [0.1, 0.15) is 4.83 Å². The lowest BCUT2D eigenvalue weighted by molar-refractivity contribution is 0.0986.